The van der Waals surface area contributed by atoms with Gasteiger partial charge < -0.3 is 10.8 Å². The lowest BCUT2D eigenvalue weighted by molar-refractivity contribution is -0.143. The summed E-state index contributed by atoms with van der Waals surface area (Å²) in [6.07, 6.45) is 4.32. The van der Waals surface area contributed by atoms with Gasteiger partial charge in [0.1, 0.15) is 5.54 Å². The molecule has 0 saturated heterocycles. The van der Waals surface area contributed by atoms with E-state index in [-0.39, 0.29) is 6.42 Å². The molecule has 1 atom stereocenters. The van der Waals surface area contributed by atoms with Crippen molar-refractivity contribution in [2.75, 3.05) is 0 Å². The highest BCUT2D eigenvalue weighted by atomic mass is 16.4. The molecule has 2 aromatic carbocycles. The average Bonchev–Trinajstić information content (AvgIpc) is 2.49. The number of carboxylic acids is 1. The summed E-state index contributed by atoms with van der Waals surface area (Å²) < 4.78 is 0. The topological polar surface area (TPSA) is 63.3 Å². The third-order valence-corrected chi connectivity index (χ3v) is 3.38. The highest BCUT2D eigenvalue weighted by molar-refractivity contribution is 5.79. The summed E-state index contributed by atoms with van der Waals surface area (Å²) >= 11 is 0. The van der Waals surface area contributed by atoms with Gasteiger partial charge >= 0.3 is 5.97 Å². The first kappa shape index (κ1) is 15.0. The fourth-order valence-electron chi connectivity index (χ4n) is 2.16. The fourth-order valence-corrected chi connectivity index (χ4v) is 2.16. The lowest BCUT2D eigenvalue weighted by atomic mass is 9.88. The minimum atomic E-state index is -1.29. The Morgan fingerprint density at radius 1 is 1.05 bits per heavy atom. The number of nitrogens with two attached hydrogens (primary N) is 1. The summed E-state index contributed by atoms with van der Waals surface area (Å²) in [7, 11) is 0. The standard InChI is InChI=1S/C18H19NO2/c19-18(17(20)21,14-16-10-5-2-6-11-16)13-7-12-15-8-3-1-4-9-15/h1-12H,13-14,19H2,(H,20,21)/b12-7+/t18-/m0/s1. The van der Waals surface area contributed by atoms with Gasteiger partial charge in [-0.15, -0.1) is 0 Å². The summed E-state index contributed by atoms with van der Waals surface area (Å²) in [5.74, 6) is -0.982. The Morgan fingerprint density at radius 2 is 1.62 bits per heavy atom. The molecule has 3 heteroatoms. The molecule has 0 heterocycles. The molecule has 2 rings (SSSR count). The largest absolute Gasteiger partial charge is 0.480 e. The second kappa shape index (κ2) is 6.86. The van der Waals surface area contributed by atoms with E-state index < -0.39 is 11.5 Å². The Hall–Kier alpha value is -2.39. The fraction of sp³-hybridized carbons (Fsp3) is 0.167. The molecule has 2 aromatic rings. The van der Waals surface area contributed by atoms with Crippen LogP contribution in [-0.2, 0) is 11.2 Å². The van der Waals surface area contributed by atoms with Crippen LogP contribution in [0, 0.1) is 0 Å². The van der Waals surface area contributed by atoms with E-state index in [1.165, 1.54) is 0 Å². The van der Waals surface area contributed by atoms with Crippen LogP contribution >= 0.6 is 0 Å². The summed E-state index contributed by atoms with van der Waals surface area (Å²) in [6, 6.07) is 19.2. The Labute approximate surface area is 124 Å². The Balaban J connectivity index is 2.08. The second-order valence-electron chi connectivity index (χ2n) is 5.14. The van der Waals surface area contributed by atoms with E-state index in [1.54, 1.807) is 0 Å². The summed E-state index contributed by atoms with van der Waals surface area (Å²) in [5, 5.41) is 9.43. The van der Waals surface area contributed by atoms with Gasteiger partial charge in [0.25, 0.3) is 0 Å². The summed E-state index contributed by atoms with van der Waals surface area (Å²) in [5.41, 5.74) is 6.76. The van der Waals surface area contributed by atoms with Gasteiger partial charge in [-0.05, 0) is 17.5 Å². The number of hydrogen-bond donors (Lipinski definition) is 2. The zero-order valence-electron chi connectivity index (χ0n) is 11.8. The molecule has 0 unspecified atom stereocenters. The van der Waals surface area contributed by atoms with Crippen molar-refractivity contribution in [2.45, 2.75) is 18.4 Å². The number of hydrogen-bond acceptors (Lipinski definition) is 2. The molecule has 0 radical (unpaired) electrons. The van der Waals surface area contributed by atoms with E-state index in [0.717, 1.165) is 11.1 Å². The van der Waals surface area contributed by atoms with E-state index in [1.807, 2.05) is 72.8 Å². The number of aliphatic carboxylic acids is 1. The number of benzene rings is 2. The summed E-state index contributed by atoms with van der Waals surface area (Å²) in [6.45, 7) is 0. The predicted molar refractivity (Wildman–Crippen MR) is 84.8 cm³/mol. The quantitative estimate of drug-likeness (QED) is 0.855. The normalized spacial score (nSPS) is 14.0. The van der Waals surface area contributed by atoms with E-state index >= 15 is 0 Å². The van der Waals surface area contributed by atoms with E-state index in [0.29, 0.717) is 6.42 Å². The summed E-state index contributed by atoms with van der Waals surface area (Å²) in [4.78, 5) is 11.5. The van der Waals surface area contributed by atoms with E-state index in [2.05, 4.69) is 0 Å². The van der Waals surface area contributed by atoms with Crippen LogP contribution in [0.25, 0.3) is 6.08 Å². The molecule has 0 bridgehead atoms. The van der Waals surface area contributed by atoms with Crippen LogP contribution in [0.1, 0.15) is 17.5 Å². The highest BCUT2D eigenvalue weighted by Crippen LogP contribution is 2.17. The second-order valence-corrected chi connectivity index (χ2v) is 5.14. The van der Waals surface area contributed by atoms with Crippen LogP contribution < -0.4 is 5.73 Å². The minimum absolute atomic E-state index is 0.284. The maximum Gasteiger partial charge on any atom is 0.324 e. The maximum atomic E-state index is 11.5. The van der Waals surface area contributed by atoms with Crippen molar-refractivity contribution in [1.29, 1.82) is 0 Å². The van der Waals surface area contributed by atoms with Crippen LogP contribution in [0.2, 0.25) is 0 Å². The van der Waals surface area contributed by atoms with Crippen LogP contribution in [0.15, 0.2) is 66.7 Å². The smallest absolute Gasteiger partial charge is 0.324 e. The Morgan fingerprint density at radius 3 is 2.19 bits per heavy atom. The van der Waals surface area contributed by atoms with Crippen molar-refractivity contribution in [3.05, 3.63) is 77.9 Å². The third kappa shape index (κ3) is 4.29. The van der Waals surface area contributed by atoms with Gasteiger partial charge in [0, 0.05) is 6.42 Å². The van der Waals surface area contributed by atoms with Gasteiger partial charge in [0.15, 0.2) is 0 Å². The molecular formula is C18H19NO2. The Bertz CT molecular complexity index is 608. The Kier molecular flexibility index (Phi) is 4.90. The van der Waals surface area contributed by atoms with Crippen LogP contribution in [0.4, 0.5) is 0 Å². The van der Waals surface area contributed by atoms with E-state index in [4.69, 9.17) is 5.73 Å². The van der Waals surface area contributed by atoms with Crippen molar-refractivity contribution in [3.63, 3.8) is 0 Å². The van der Waals surface area contributed by atoms with Crippen molar-refractivity contribution >= 4 is 12.0 Å². The molecule has 0 saturated carbocycles. The van der Waals surface area contributed by atoms with Crippen molar-refractivity contribution in [1.82, 2.24) is 0 Å². The SMILES string of the molecule is N[C@@](C/C=C/c1ccccc1)(Cc1ccccc1)C(=O)O. The van der Waals surface area contributed by atoms with Gasteiger partial charge in [-0.1, -0.05) is 72.8 Å². The van der Waals surface area contributed by atoms with Crippen LogP contribution in [0.5, 0.6) is 0 Å². The first-order chi connectivity index (χ1) is 10.1. The van der Waals surface area contributed by atoms with Gasteiger partial charge in [0.2, 0.25) is 0 Å². The predicted octanol–water partition coefficient (Wildman–Crippen LogP) is 3.11. The van der Waals surface area contributed by atoms with Crippen molar-refractivity contribution < 1.29 is 9.90 Å². The first-order valence-corrected chi connectivity index (χ1v) is 6.88. The first-order valence-electron chi connectivity index (χ1n) is 6.88. The molecule has 0 aliphatic heterocycles. The van der Waals surface area contributed by atoms with Crippen LogP contribution in [-0.4, -0.2) is 16.6 Å². The van der Waals surface area contributed by atoms with Crippen LogP contribution in [0.3, 0.4) is 0 Å². The lowest BCUT2D eigenvalue weighted by Gasteiger charge is -2.23. The van der Waals surface area contributed by atoms with Crippen molar-refractivity contribution in [2.24, 2.45) is 5.73 Å². The average molecular weight is 281 g/mol. The molecule has 3 nitrogen and oxygen atoms in total. The lowest BCUT2D eigenvalue weighted by Crippen LogP contribution is -2.49. The molecule has 0 amide bonds. The maximum absolute atomic E-state index is 11.5. The van der Waals surface area contributed by atoms with Gasteiger partial charge in [-0.2, -0.15) is 0 Å². The number of rotatable bonds is 6. The van der Waals surface area contributed by atoms with Gasteiger partial charge in [-0.25, -0.2) is 0 Å². The zero-order chi connectivity index (χ0) is 15.1. The van der Waals surface area contributed by atoms with Crippen molar-refractivity contribution in [3.8, 4) is 0 Å². The highest BCUT2D eigenvalue weighted by Gasteiger charge is 2.32. The molecule has 0 aliphatic rings. The third-order valence-electron chi connectivity index (χ3n) is 3.38. The monoisotopic (exact) mass is 281 g/mol. The van der Waals surface area contributed by atoms with E-state index in [9.17, 15) is 9.90 Å². The number of carbonyl (C=O) groups is 1. The molecule has 0 aromatic heterocycles. The molecule has 3 N–H and O–H groups in total. The molecular weight excluding hydrogens is 262 g/mol. The molecule has 0 spiro atoms. The minimum Gasteiger partial charge on any atom is -0.480 e. The van der Waals surface area contributed by atoms with Gasteiger partial charge in [-0.3, -0.25) is 4.79 Å². The molecule has 0 aliphatic carbocycles. The molecule has 21 heavy (non-hydrogen) atoms. The number of carboxylic acid groups (broad SMARTS) is 1. The molecule has 108 valence electrons. The zero-order valence-corrected chi connectivity index (χ0v) is 11.8. The van der Waals surface area contributed by atoms with Gasteiger partial charge in [0.05, 0.1) is 0 Å². The molecule has 0 fully saturated rings.